The van der Waals surface area contributed by atoms with Gasteiger partial charge in [0.05, 0.1) is 11.4 Å². The number of ether oxygens (including phenoxy) is 1. The Bertz CT molecular complexity index is 512. The molecule has 1 unspecified atom stereocenters. The summed E-state index contributed by atoms with van der Waals surface area (Å²) in [5.74, 6) is 0.928. The van der Waals surface area contributed by atoms with Gasteiger partial charge in [-0.2, -0.15) is 0 Å². The van der Waals surface area contributed by atoms with Crippen molar-refractivity contribution < 1.29 is 14.3 Å². The van der Waals surface area contributed by atoms with E-state index in [1.807, 2.05) is 30.3 Å². The number of halogens is 1. The zero-order chi connectivity index (χ0) is 16.7. The van der Waals surface area contributed by atoms with Crippen LogP contribution in [0.3, 0.4) is 0 Å². The van der Waals surface area contributed by atoms with Crippen molar-refractivity contribution in [1.29, 1.82) is 0 Å². The molecule has 126 valence electrons. The zero-order valence-electron chi connectivity index (χ0n) is 13.5. The number of amides is 1. The smallest absolute Gasteiger partial charge is 0.408 e. The average Bonchev–Trinajstić information content (AvgIpc) is 2.59. The van der Waals surface area contributed by atoms with E-state index in [-0.39, 0.29) is 23.6 Å². The summed E-state index contributed by atoms with van der Waals surface area (Å²) < 4.78 is 5.25. The average molecular weight is 382 g/mol. The molecule has 1 aliphatic rings. The molecular formula is C18H24BrNO3. The molecule has 1 N–H and O–H groups in total. The fraction of sp³-hybridized carbons (Fsp3) is 0.556. The number of Topliss-reactive ketones (excluding diaryl/α,β-unsaturated/α-hetero) is 1. The Labute approximate surface area is 146 Å². The Hall–Kier alpha value is -1.36. The van der Waals surface area contributed by atoms with E-state index in [1.165, 1.54) is 0 Å². The zero-order valence-corrected chi connectivity index (χ0v) is 15.1. The quantitative estimate of drug-likeness (QED) is 0.755. The van der Waals surface area contributed by atoms with Gasteiger partial charge in [0.25, 0.3) is 0 Å². The summed E-state index contributed by atoms with van der Waals surface area (Å²) in [6.07, 6.45) is 3.65. The normalized spacial score (nSPS) is 22.2. The first-order valence-corrected chi connectivity index (χ1v) is 9.28. The van der Waals surface area contributed by atoms with Crippen LogP contribution in [0.25, 0.3) is 0 Å². The lowest BCUT2D eigenvalue weighted by atomic mass is 9.78. The first-order chi connectivity index (χ1) is 11.1. The molecule has 1 atom stereocenters. The molecule has 0 saturated heterocycles. The van der Waals surface area contributed by atoms with E-state index in [0.29, 0.717) is 5.92 Å². The number of hydrogen-bond donors (Lipinski definition) is 1. The van der Waals surface area contributed by atoms with E-state index in [2.05, 4.69) is 28.2 Å². The van der Waals surface area contributed by atoms with Gasteiger partial charge in [-0.15, -0.1) is 0 Å². The summed E-state index contributed by atoms with van der Waals surface area (Å²) in [5.41, 5.74) is 0.928. The van der Waals surface area contributed by atoms with Crippen LogP contribution in [0.1, 0.15) is 38.2 Å². The molecule has 0 aliphatic heterocycles. The molecule has 4 nitrogen and oxygen atoms in total. The molecular weight excluding hydrogens is 358 g/mol. The first kappa shape index (κ1) is 18.0. The maximum Gasteiger partial charge on any atom is 0.408 e. The Kier molecular flexibility index (Phi) is 7.09. The van der Waals surface area contributed by atoms with E-state index in [1.54, 1.807) is 0 Å². The Morgan fingerprint density at radius 1 is 1.22 bits per heavy atom. The van der Waals surface area contributed by atoms with Gasteiger partial charge in [0.2, 0.25) is 0 Å². The molecule has 23 heavy (non-hydrogen) atoms. The summed E-state index contributed by atoms with van der Waals surface area (Å²) in [5, 5.41) is 3.03. The second-order valence-corrected chi connectivity index (χ2v) is 6.86. The minimum absolute atomic E-state index is 0.0150. The highest BCUT2D eigenvalue weighted by Crippen LogP contribution is 2.31. The van der Waals surface area contributed by atoms with E-state index < -0.39 is 12.1 Å². The van der Waals surface area contributed by atoms with Crippen LogP contribution in [0.5, 0.6) is 0 Å². The van der Waals surface area contributed by atoms with Crippen LogP contribution in [0.2, 0.25) is 0 Å². The molecule has 1 aliphatic carbocycles. The molecule has 5 heteroatoms. The van der Waals surface area contributed by atoms with E-state index in [0.717, 1.165) is 31.2 Å². The monoisotopic (exact) mass is 381 g/mol. The summed E-state index contributed by atoms with van der Waals surface area (Å²) in [6.45, 7) is 2.45. The van der Waals surface area contributed by atoms with Gasteiger partial charge >= 0.3 is 6.09 Å². The van der Waals surface area contributed by atoms with E-state index in [4.69, 9.17) is 4.74 Å². The predicted octanol–water partition coefficient (Wildman–Crippen LogP) is 4.07. The Morgan fingerprint density at radius 2 is 1.87 bits per heavy atom. The van der Waals surface area contributed by atoms with Gasteiger partial charge in [0.15, 0.2) is 5.78 Å². The van der Waals surface area contributed by atoms with Gasteiger partial charge in [0, 0.05) is 0 Å². The van der Waals surface area contributed by atoms with E-state index in [9.17, 15) is 9.59 Å². The summed E-state index contributed by atoms with van der Waals surface area (Å²) in [7, 11) is 0. The van der Waals surface area contributed by atoms with Crippen molar-refractivity contribution in [3.05, 3.63) is 35.9 Å². The minimum Gasteiger partial charge on any atom is -0.445 e. The Balaban J connectivity index is 1.89. The number of ketones is 1. The molecule has 0 spiro atoms. The lowest BCUT2D eigenvalue weighted by Gasteiger charge is -2.31. The molecule has 2 rings (SSSR count). The van der Waals surface area contributed by atoms with Crippen LogP contribution < -0.4 is 5.32 Å². The summed E-state index contributed by atoms with van der Waals surface area (Å²) in [6, 6.07) is 9.06. The number of rotatable bonds is 6. The number of alkyl halides is 1. The fourth-order valence-corrected chi connectivity index (χ4v) is 3.40. The van der Waals surface area contributed by atoms with Gasteiger partial charge in [-0.3, -0.25) is 4.79 Å². The number of alkyl carbamates (subject to hydrolysis) is 1. The van der Waals surface area contributed by atoms with Crippen molar-refractivity contribution >= 4 is 27.8 Å². The van der Waals surface area contributed by atoms with Crippen LogP contribution in [0, 0.1) is 11.8 Å². The van der Waals surface area contributed by atoms with Crippen molar-refractivity contribution in [3.63, 3.8) is 0 Å². The molecule has 1 amide bonds. The third-order valence-corrected chi connectivity index (χ3v) is 5.05. The van der Waals surface area contributed by atoms with Crippen LogP contribution >= 0.6 is 15.9 Å². The maximum absolute atomic E-state index is 12.2. The number of nitrogens with one attached hydrogen (secondary N) is 1. The van der Waals surface area contributed by atoms with Gasteiger partial charge in [-0.05, 0) is 30.2 Å². The van der Waals surface area contributed by atoms with Crippen LogP contribution in [-0.4, -0.2) is 23.2 Å². The van der Waals surface area contributed by atoms with Crippen LogP contribution in [0.4, 0.5) is 4.79 Å². The van der Waals surface area contributed by atoms with Crippen molar-refractivity contribution in [3.8, 4) is 0 Å². The number of carbonyl (C=O) groups excluding carboxylic acids is 2. The van der Waals surface area contributed by atoms with Crippen molar-refractivity contribution in [2.24, 2.45) is 11.8 Å². The van der Waals surface area contributed by atoms with Gasteiger partial charge in [0.1, 0.15) is 6.61 Å². The van der Waals surface area contributed by atoms with Crippen molar-refractivity contribution in [2.45, 2.75) is 45.3 Å². The molecule has 1 aromatic rings. The second kappa shape index (κ2) is 9.06. The number of hydrogen-bond acceptors (Lipinski definition) is 3. The van der Waals surface area contributed by atoms with Gasteiger partial charge in [-0.1, -0.05) is 66.0 Å². The summed E-state index contributed by atoms with van der Waals surface area (Å²) in [4.78, 5) is 24.2. The lowest BCUT2D eigenvalue weighted by molar-refractivity contribution is -0.120. The second-order valence-electron chi connectivity index (χ2n) is 6.30. The van der Waals surface area contributed by atoms with E-state index >= 15 is 0 Å². The summed E-state index contributed by atoms with van der Waals surface area (Å²) >= 11 is 3.22. The highest BCUT2D eigenvalue weighted by Gasteiger charge is 2.32. The molecule has 0 radical (unpaired) electrons. The largest absolute Gasteiger partial charge is 0.445 e. The SMILES string of the molecule is CC1CCC(C(NC(=O)OCc2ccccc2)C(=O)CBr)CC1. The van der Waals surface area contributed by atoms with Crippen LogP contribution in [-0.2, 0) is 16.1 Å². The molecule has 1 aromatic carbocycles. The third-order valence-electron chi connectivity index (χ3n) is 4.50. The topological polar surface area (TPSA) is 55.4 Å². The third kappa shape index (κ3) is 5.65. The van der Waals surface area contributed by atoms with Crippen molar-refractivity contribution in [1.82, 2.24) is 5.32 Å². The molecule has 0 bridgehead atoms. The highest BCUT2D eigenvalue weighted by atomic mass is 79.9. The minimum atomic E-state index is -0.522. The van der Waals surface area contributed by atoms with Gasteiger partial charge < -0.3 is 10.1 Å². The number of carbonyl (C=O) groups is 2. The molecule has 1 fully saturated rings. The van der Waals surface area contributed by atoms with Crippen molar-refractivity contribution in [2.75, 3.05) is 5.33 Å². The predicted molar refractivity (Wildman–Crippen MR) is 93.5 cm³/mol. The van der Waals surface area contributed by atoms with Gasteiger partial charge in [-0.25, -0.2) is 4.79 Å². The Morgan fingerprint density at radius 3 is 2.48 bits per heavy atom. The fourth-order valence-electron chi connectivity index (χ4n) is 3.06. The number of benzene rings is 1. The lowest BCUT2D eigenvalue weighted by Crippen LogP contribution is -2.47. The molecule has 1 saturated carbocycles. The maximum atomic E-state index is 12.2. The molecule has 0 heterocycles. The van der Waals surface area contributed by atoms with Crippen LogP contribution in [0.15, 0.2) is 30.3 Å². The molecule has 0 aromatic heterocycles. The highest BCUT2D eigenvalue weighted by molar-refractivity contribution is 9.09. The standard InChI is InChI=1S/C18H24BrNO3/c1-13-7-9-15(10-8-13)17(16(21)11-19)20-18(22)23-12-14-5-3-2-4-6-14/h2-6,13,15,17H,7-12H2,1H3,(H,20,22). The first-order valence-electron chi connectivity index (χ1n) is 8.16.